The fourth-order valence-corrected chi connectivity index (χ4v) is 3.32. The standard InChI is InChI=1S/C22H27BrN2O3/c1-8-14-25(20(26)28-22(5,6)7)19(23)16-11-12-17(27-21(2,3)4)18-15(16)10-9-13-24-18/h1,9-13,19H,14H2,2-7H3. The molecule has 1 heterocycles. The van der Waals surface area contributed by atoms with Crippen molar-refractivity contribution in [2.24, 2.45) is 0 Å². The van der Waals surface area contributed by atoms with Crippen molar-refractivity contribution < 1.29 is 14.3 Å². The molecule has 6 heteroatoms. The van der Waals surface area contributed by atoms with Crippen molar-refractivity contribution in [3.8, 4) is 18.1 Å². The molecule has 2 rings (SSSR count). The summed E-state index contributed by atoms with van der Waals surface area (Å²) in [6.45, 7) is 11.5. The van der Waals surface area contributed by atoms with E-state index in [1.54, 1.807) is 6.20 Å². The van der Waals surface area contributed by atoms with Gasteiger partial charge in [0.1, 0.15) is 27.4 Å². The third-order valence-electron chi connectivity index (χ3n) is 3.60. The molecule has 0 aliphatic rings. The molecule has 0 aliphatic heterocycles. The number of ether oxygens (including phenoxy) is 2. The molecule has 1 amide bonds. The first-order valence-corrected chi connectivity index (χ1v) is 9.98. The van der Waals surface area contributed by atoms with Crippen molar-refractivity contribution in [1.82, 2.24) is 9.88 Å². The monoisotopic (exact) mass is 446 g/mol. The zero-order valence-electron chi connectivity index (χ0n) is 17.2. The predicted molar refractivity (Wildman–Crippen MR) is 116 cm³/mol. The van der Waals surface area contributed by atoms with Gasteiger partial charge in [0.2, 0.25) is 0 Å². The number of carbonyl (C=O) groups is 1. The summed E-state index contributed by atoms with van der Waals surface area (Å²) in [6.07, 6.45) is 6.73. The van der Waals surface area contributed by atoms with E-state index < -0.39 is 16.6 Å². The minimum Gasteiger partial charge on any atom is -0.486 e. The zero-order valence-corrected chi connectivity index (χ0v) is 18.8. The molecule has 1 atom stereocenters. The number of pyridine rings is 1. The maximum absolute atomic E-state index is 12.7. The molecule has 0 radical (unpaired) electrons. The van der Waals surface area contributed by atoms with Gasteiger partial charge in [-0.05, 0) is 59.2 Å². The first-order chi connectivity index (χ1) is 12.9. The van der Waals surface area contributed by atoms with E-state index in [1.807, 2.05) is 65.8 Å². The van der Waals surface area contributed by atoms with Gasteiger partial charge in [-0.1, -0.05) is 34.0 Å². The summed E-state index contributed by atoms with van der Waals surface area (Å²) in [5, 5.41) is 0.872. The molecule has 0 fully saturated rings. The number of aromatic nitrogens is 1. The van der Waals surface area contributed by atoms with Crippen LogP contribution in [0.4, 0.5) is 4.79 Å². The average molecular weight is 447 g/mol. The minimum absolute atomic E-state index is 0.104. The van der Waals surface area contributed by atoms with E-state index in [2.05, 4.69) is 26.8 Å². The van der Waals surface area contributed by atoms with Crippen LogP contribution in [0.2, 0.25) is 0 Å². The number of benzene rings is 1. The molecule has 0 saturated carbocycles. The molecule has 0 bridgehead atoms. The Kier molecular flexibility index (Phi) is 6.61. The first-order valence-electron chi connectivity index (χ1n) is 9.07. The number of terminal acetylenes is 1. The highest BCUT2D eigenvalue weighted by Gasteiger charge is 2.29. The lowest BCUT2D eigenvalue weighted by Gasteiger charge is -2.30. The quantitative estimate of drug-likeness (QED) is 0.344. The molecule has 1 aromatic carbocycles. The maximum atomic E-state index is 12.7. The summed E-state index contributed by atoms with van der Waals surface area (Å²) in [5.74, 6) is 3.22. The molecule has 28 heavy (non-hydrogen) atoms. The van der Waals surface area contributed by atoms with Crippen molar-refractivity contribution in [3.63, 3.8) is 0 Å². The Balaban J connectivity index is 2.49. The van der Waals surface area contributed by atoms with Crippen LogP contribution >= 0.6 is 15.9 Å². The normalized spacial score (nSPS) is 12.9. The number of fused-ring (bicyclic) bond motifs is 1. The highest BCUT2D eigenvalue weighted by Crippen LogP contribution is 2.37. The Hall–Kier alpha value is -2.26. The molecule has 0 N–H and O–H groups in total. The van der Waals surface area contributed by atoms with Crippen LogP contribution in [0.3, 0.4) is 0 Å². The second-order valence-corrected chi connectivity index (χ2v) is 9.28. The minimum atomic E-state index is -0.620. The fourth-order valence-electron chi connectivity index (χ4n) is 2.61. The van der Waals surface area contributed by atoms with Crippen molar-refractivity contribution in [1.29, 1.82) is 0 Å². The van der Waals surface area contributed by atoms with E-state index in [-0.39, 0.29) is 12.1 Å². The van der Waals surface area contributed by atoms with Crippen molar-refractivity contribution in [2.45, 2.75) is 57.7 Å². The predicted octanol–water partition coefficient (Wildman–Crippen LogP) is 5.68. The Morgan fingerprint density at radius 3 is 2.46 bits per heavy atom. The molecular formula is C22H27BrN2O3. The summed E-state index contributed by atoms with van der Waals surface area (Å²) in [5.41, 5.74) is 0.603. The van der Waals surface area contributed by atoms with Crippen LogP contribution in [-0.4, -0.2) is 33.7 Å². The average Bonchev–Trinajstić information content (AvgIpc) is 2.56. The smallest absolute Gasteiger partial charge is 0.412 e. The van der Waals surface area contributed by atoms with Crippen molar-refractivity contribution in [2.75, 3.05) is 6.54 Å². The van der Waals surface area contributed by atoms with Gasteiger partial charge in [-0.25, -0.2) is 4.79 Å². The number of amides is 1. The van der Waals surface area contributed by atoms with Gasteiger partial charge in [-0.15, -0.1) is 6.42 Å². The van der Waals surface area contributed by atoms with E-state index in [0.717, 1.165) is 16.5 Å². The van der Waals surface area contributed by atoms with Gasteiger partial charge in [0.15, 0.2) is 0 Å². The molecule has 0 saturated heterocycles. The summed E-state index contributed by atoms with van der Waals surface area (Å²) in [6, 6.07) is 7.59. The summed E-state index contributed by atoms with van der Waals surface area (Å²) in [4.78, 5) is 18.2. The van der Waals surface area contributed by atoms with Crippen LogP contribution in [0.15, 0.2) is 30.5 Å². The highest BCUT2D eigenvalue weighted by atomic mass is 79.9. The number of hydrogen-bond acceptors (Lipinski definition) is 4. The van der Waals surface area contributed by atoms with Crippen LogP contribution in [0, 0.1) is 12.3 Å². The molecule has 2 aromatic rings. The van der Waals surface area contributed by atoms with Gasteiger partial charge in [-0.2, -0.15) is 0 Å². The van der Waals surface area contributed by atoms with Crippen LogP contribution in [-0.2, 0) is 4.74 Å². The summed E-state index contributed by atoms with van der Waals surface area (Å²) >= 11 is 3.63. The van der Waals surface area contributed by atoms with Crippen LogP contribution < -0.4 is 4.74 Å². The number of alkyl halides is 1. The topological polar surface area (TPSA) is 51.7 Å². The lowest BCUT2D eigenvalue weighted by Crippen LogP contribution is -2.38. The van der Waals surface area contributed by atoms with Gasteiger partial charge in [0.05, 0.1) is 6.54 Å². The van der Waals surface area contributed by atoms with Crippen LogP contribution in [0.5, 0.6) is 5.75 Å². The number of hydrogen-bond donors (Lipinski definition) is 0. The van der Waals surface area contributed by atoms with Crippen molar-refractivity contribution >= 4 is 32.9 Å². The molecule has 1 aromatic heterocycles. The number of nitrogens with zero attached hydrogens (tertiary/aromatic N) is 2. The van der Waals surface area contributed by atoms with E-state index in [4.69, 9.17) is 15.9 Å². The van der Waals surface area contributed by atoms with Gasteiger partial charge in [-0.3, -0.25) is 9.88 Å². The Morgan fingerprint density at radius 2 is 1.89 bits per heavy atom. The Morgan fingerprint density at radius 1 is 1.21 bits per heavy atom. The molecule has 5 nitrogen and oxygen atoms in total. The maximum Gasteiger partial charge on any atom is 0.412 e. The Bertz CT molecular complexity index is 891. The number of carbonyl (C=O) groups excluding carboxylic acids is 1. The van der Waals surface area contributed by atoms with Crippen molar-refractivity contribution in [3.05, 3.63) is 36.0 Å². The lowest BCUT2D eigenvalue weighted by molar-refractivity contribution is 0.0259. The summed E-state index contributed by atoms with van der Waals surface area (Å²) < 4.78 is 11.6. The third-order valence-corrected chi connectivity index (χ3v) is 4.59. The molecular weight excluding hydrogens is 420 g/mol. The number of halogens is 1. The SMILES string of the molecule is C#CCN(C(=O)OC(C)(C)C)C(Br)c1ccc(OC(C)(C)C)c2ncccc12. The second kappa shape index (κ2) is 8.40. The first kappa shape index (κ1) is 22.0. The van der Waals surface area contributed by atoms with E-state index >= 15 is 0 Å². The van der Waals surface area contributed by atoms with Gasteiger partial charge >= 0.3 is 6.09 Å². The third kappa shape index (κ3) is 5.62. The van der Waals surface area contributed by atoms with Gasteiger partial charge < -0.3 is 9.47 Å². The molecule has 150 valence electrons. The fraction of sp³-hybridized carbons (Fsp3) is 0.455. The molecule has 1 unspecified atom stereocenters. The van der Waals surface area contributed by atoms with E-state index in [0.29, 0.717) is 5.75 Å². The second-order valence-electron chi connectivity index (χ2n) is 8.42. The van der Waals surface area contributed by atoms with E-state index in [9.17, 15) is 4.79 Å². The Labute approximate surface area is 175 Å². The molecule has 0 spiro atoms. The van der Waals surface area contributed by atoms with Crippen LogP contribution in [0.25, 0.3) is 10.9 Å². The molecule has 0 aliphatic carbocycles. The van der Waals surface area contributed by atoms with Gasteiger partial charge in [0.25, 0.3) is 0 Å². The number of rotatable bonds is 4. The largest absolute Gasteiger partial charge is 0.486 e. The van der Waals surface area contributed by atoms with Gasteiger partial charge in [0, 0.05) is 11.6 Å². The van der Waals surface area contributed by atoms with E-state index in [1.165, 1.54) is 4.90 Å². The van der Waals surface area contributed by atoms with Crippen LogP contribution in [0.1, 0.15) is 52.1 Å². The lowest BCUT2D eigenvalue weighted by atomic mass is 10.1. The zero-order chi connectivity index (χ0) is 21.1. The highest BCUT2D eigenvalue weighted by molar-refractivity contribution is 9.09. The summed E-state index contributed by atoms with van der Waals surface area (Å²) in [7, 11) is 0.